The van der Waals surface area contributed by atoms with Gasteiger partial charge in [0.2, 0.25) is 0 Å². The first-order valence-corrected chi connectivity index (χ1v) is 7.16. The average Bonchev–Trinajstić information content (AvgIpc) is 2.70. The molecule has 0 aliphatic rings. The van der Waals surface area contributed by atoms with Crippen molar-refractivity contribution in [1.29, 1.82) is 0 Å². The van der Waals surface area contributed by atoms with E-state index in [9.17, 15) is 0 Å². The van der Waals surface area contributed by atoms with Crippen molar-refractivity contribution in [3.63, 3.8) is 0 Å². The monoisotopic (exact) mass is 292 g/mol. The van der Waals surface area contributed by atoms with Gasteiger partial charge in [-0.1, -0.05) is 30.4 Å². The summed E-state index contributed by atoms with van der Waals surface area (Å²) in [5, 5.41) is 0.892. The highest BCUT2D eigenvalue weighted by atomic mass is 32.1. The predicted octanol–water partition coefficient (Wildman–Crippen LogP) is 3.28. The van der Waals surface area contributed by atoms with Gasteiger partial charge in [-0.05, 0) is 31.9 Å². The molecule has 0 spiro atoms. The molecule has 0 aliphatic heterocycles. The smallest absolute Gasteiger partial charge is 0.140 e. The van der Waals surface area contributed by atoms with Crippen LogP contribution in [0, 0.1) is 20.8 Å². The van der Waals surface area contributed by atoms with E-state index < -0.39 is 0 Å². The van der Waals surface area contributed by atoms with Crippen LogP contribution in [0.15, 0.2) is 18.2 Å². The Morgan fingerprint density at radius 2 is 1.95 bits per heavy atom. The van der Waals surface area contributed by atoms with Gasteiger partial charge in [-0.2, -0.15) is 0 Å². The molecule has 0 unspecified atom stereocenters. The van der Waals surface area contributed by atoms with Crippen LogP contribution in [0.25, 0.3) is 0 Å². The van der Waals surface area contributed by atoms with Crippen molar-refractivity contribution in [1.82, 2.24) is 4.98 Å². The summed E-state index contributed by atoms with van der Waals surface area (Å²) in [4.78, 5) is 5.70. The molecule has 0 aliphatic carbocycles. The van der Waals surface area contributed by atoms with Gasteiger partial charge in [0.15, 0.2) is 0 Å². The number of thiocarbonyl (C=S) groups is 1. The quantitative estimate of drug-likeness (QED) is 0.879. The van der Waals surface area contributed by atoms with Gasteiger partial charge in [0.25, 0.3) is 0 Å². The highest BCUT2D eigenvalue weighted by molar-refractivity contribution is 7.81. The van der Waals surface area contributed by atoms with Crippen molar-refractivity contribution in [3.8, 4) is 5.75 Å². The second kappa shape index (κ2) is 5.67. The second-order valence-corrected chi connectivity index (χ2v) is 5.92. The van der Waals surface area contributed by atoms with E-state index in [1.54, 1.807) is 0 Å². The van der Waals surface area contributed by atoms with Gasteiger partial charge in [0.05, 0.1) is 10.6 Å². The Hall–Kier alpha value is -1.46. The third-order valence-electron chi connectivity index (χ3n) is 2.81. The molecule has 5 heteroatoms. The molecule has 1 aromatic heterocycles. The Kier molecular flexibility index (Phi) is 4.17. The highest BCUT2D eigenvalue weighted by Gasteiger charge is 2.11. The van der Waals surface area contributed by atoms with Crippen molar-refractivity contribution in [3.05, 3.63) is 44.9 Å². The summed E-state index contributed by atoms with van der Waals surface area (Å²) in [5.74, 6) is 0.923. The fourth-order valence-electron chi connectivity index (χ4n) is 1.90. The van der Waals surface area contributed by atoms with Crippen LogP contribution in [0.3, 0.4) is 0 Å². The van der Waals surface area contributed by atoms with Crippen LogP contribution in [-0.2, 0) is 6.61 Å². The van der Waals surface area contributed by atoms with Crippen molar-refractivity contribution in [2.75, 3.05) is 0 Å². The first-order valence-electron chi connectivity index (χ1n) is 5.94. The maximum Gasteiger partial charge on any atom is 0.140 e. The van der Waals surface area contributed by atoms with Crippen molar-refractivity contribution >= 4 is 28.5 Å². The van der Waals surface area contributed by atoms with E-state index in [0.717, 1.165) is 32.5 Å². The van der Waals surface area contributed by atoms with Gasteiger partial charge in [-0.25, -0.2) is 4.98 Å². The summed E-state index contributed by atoms with van der Waals surface area (Å²) >= 11 is 6.49. The molecule has 19 heavy (non-hydrogen) atoms. The molecule has 0 fully saturated rings. The lowest BCUT2D eigenvalue weighted by atomic mass is 10.1. The van der Waals surface area contributed by atoms with Crippen LogP contribution in [-0.4, -0.2) is 9.97 Å². The standard InChI is InChI=1S/C14H16N2OS2/c1-8-5-4-6-9(2)12(8)17-7-11-16-10(3)13(19-11)14(15)18/h4-6H,7H2,1-3H3,(H2,15,18). The number of hydrogen-bond acceptors (Lipinski definition) is 4. The summed E-state index contributed by atoms with van der Waals surface area (Å²) in [6.07, 6.45) is 0. The number of ether oxygens (including phenoxy) is 1. The van der Waals surface area contributed by atoms with Gasteiger partial charge >= 0.3 is 0 Å². The number of para-hydroxylation sites is 1. The largest absolute Gasteiger partial charge is 0.486 e. The van der Waals surface area contributed by atoms with E-state index in [-0.39, 0.29) is 0 Å². The van der Waals surface area contributed by atoms with E-state index in [1.807, 2.05) is 39.0 Å². The first-order chi connectivity index (χ1) is 8.99. The maximum atomic E-state index is 5.87. The van der Waals surface area contributed by atoms with Crippen LogP contribution in [0.5, 0.6) is 5.75 Å². The lowest BCUT2D eigenvalue weighted by Gasteiger charge is -2.10. The molecule has 2 aromatic rings. The highest BCUT2D eigenvalue weighted by Crippen LogP contribution is 2.25. The third-order valence-corrected chi connectivity index (χ3v) is 4.31. The Bertz CT molecular complexity index is 600. The number of rotatable bonds is 4. The van der Waals surface area contributed by atoms with Gasteiger partial charge < -0.3 is 10.5 Å². The first kappa shape index (κ1) is 14.0. The lowest BCUT2D eigenvalue weighted by Crippen LogP contribution is -2.08. The molecule has 2 N–H and O–H groups in total. The van der Waals surface area contributed by atoms with Gasteiger partial charge in [0.1, 0.15) is 22.4 Å². The van der Waals surface area contributed by atoms with Crippen LogP contribution in [0.2, 0.25) is 0 Å². The molecule has 0 saturated carbocycles. The topological polar surface area (TPSA) is 48.1 Å². The Morgan fingerprint density at radius 3 is 2.47 bits per heavy atom. The zero-order chi connectivity index (χ0) is 14.0. The summed E-state index contributed by atoms with van der Waals surface area (Å²) in [7, 11) is 0. The zero-order valence-corrected chi connectivity index (χ0v) is 12.8. The van der Waals surface area contributed by atoms with Crippen molar-refractivity contribution < 1.29 is 4.74 Å². The fraction of sp³-hybridized carbons (Fsp3) is 0.286. The summed E-state index contributed by atoms with van der Waals surface area (Å²) in [6.45, 7) is 6.43. The van der Waals surface area contributed by atoms with E-state index >= 15 is 0 Å². The maximum absolute atomic E-state index is 5.87. The minimum atomic E-state index is 0.397. The molecular weight excluding hydrogens is 276 g/mol. The molecule has 2 rings (SSSR count). The Morgan fingerprint density at radius 1 is 1.32 bits per heavy atom. The van der Waals surface area contributed by atoms with Crippen LogP contribution in [0.1, 0.15) is 26.7 Å². The van der Waals surface area contributed by atoms with Crippen LogP contribution >= 0.6 is 23.6 Å². The third kappa shape index (κ3) is 3.11. The lowest BCUT2D eigenvalue weighted by molar-refractivity contribution is 0.301. The molecule has 0 amide bonds. The number of nitrogens with zero attached hydrogens (tertiary/aromatic N) is 1. The molecule has 0 saturated heterocycles. The number of aromatic nitrogens is 1. The van der Waals surface area contributed by atoms with E-state index in [0.29, 0.717) is 11.6 Å². The Balaban J connectivity index is 2.15. The molecular formula is C14H16N2OS2. The molecule has 1 heterocycles. The molecule has 1 aromatic carbocycles. The number of benzene rings is 1. The number of hydrogen-bond donors (Lipinski definition) is 1. The van der Waals surface area contributed by atoms with Gasteiger partial charge in [-0.15, -0.1) is 11.3 Å². The SMILES string of the molecule is Cc1cccc(C)c1OCc1nc(C)c(C(N)=S)s1. The van der Waals surface area contributed by atoms with E-state index in [2.05, 4.69) is 4.98 Å². The minimum absolute atomic E-state index is 0.397. The van der Waals surface area contributed by atoms with Gasteiger partial charge in [0, 0.05) is 0 Å². The van der Waals surface area contributed by atoms with Crippen molar-refractivity contribution in [2.45, 2.75) is 27.4 Å². The number of thiazole rings is 1. The van der Waals surface area contributed by atoms with Gasteiger partial charge in [-0.3, -0.25) is 0 Å². The predicted molar refractivity (Wildman–Crippen MR) is 83.0 cm³/mol. The zero-order valence-electron chi connectivity index (χ0n) is 11.2. The molecule has 0 atom stereocenters. The number of nitrogens with two attached hydrogens (primary N) is 1. The van der Waals surface area contributed by atoms with Crippen LogP contribution in [0.4, 0.5) is 0 Å². The molecule has 0 bridgehead atoms. The van der Waals surface area contributed by atoms with E-state index in [1.165, 1.54) is 11.3 Å². The fourth-order valence-corrected chi connectivity index (χ4v) is 3.01. The average molecular weight is 292 g/mol. The van der Waals surface area contributed by atoms with Crippen LogP contribution < -0.4 is 10.5 Å². The molecule has 0 radical (unpaired) electrons. The Labute approximate surface area is 122 Å². The summed E-state index contributed by atoms with van der Waals surface area (Å²) in [5.41, 5.74) is 8.77. The summed E-state index contributed by atoms with van der Waals surface area (Å²) < 4.78 is 5.87. The van der Waals surface area contributed by atoms with Crippen molar-refractivity contribution in [2.24, 2.45) is 5.73 Å². The number of aryl methyl sites for hydroxylation is 3. The summed E-state index contributed by atoms with van der Waals surface area (Å²) in [6, 6.07) is 6.10. The molecule has 100 valence electrons. The van der Waals surface area contributed by atoms with E-state index in [4.69, 9.17) is 22.7 Å². The minimum Gasteiger partial charge on any atom is -0.486 e. The second-order valence-electron chi connectivity index (χ2n) is 4.40. The molecule has 3 nitrogen and oxygen atoms in total. The normalized spacial score (nSPS) is 10.5.